The minimum absolute atomic E-state index is 0.0746. The Bertz CT molecular complexity index is 1230. The van der Waals surface area contributed by atoms with E-state index in [1.54, 1.807) is 13.0 Å². The van der Waals surface area contributed by atoms with Gasteiger partial charge in [-0.25, -0.2) is 0 Å². The van der Waals surface area contributed by atoms with E-state index < -0.39 is 11.4 Å². The molecule has 5 nitrogen and oxygen atoms in total. The summed E-state index contributed by atoms with van der Waals surface area (Å²) in [5.74, 6) is -0.619. The summed E-state index contributed by atoms with van der Waals surface area (Å²) in [6, 6.07) is 1.75. The first kappa shape index (κ1) is 26.3. The molecule has 0 heterocycles. The van der Waals surface area contributed by atoms with Crippen LogP contribution in [0.1, 0.15) is 116 Å². The highest BCUT2D eigenvalue weighted by atomic mass is 16.4. The van der Waals surface area contributed by atoms with Crippen LogP contribution >= 0.6 is 0 Å². The van der Waals surface area contributed by atoms with Gasteiger partial charge in [-0.05, 0) is 111 Å². The third-order valence-electron chi connectivity index (χ3n) is 12.2. The molecule has 0 saturated heterocycles. The molecular weight excluding hydrogens is 464 g/mol. The molecule has 5 rings (SSSR count). The Morgan fingerprint density at radius 1 is 0.973 bits per heavy atom. The number of phenols is 2. The highest BCUT2D eigenvalue weighted by Gasteiger charge is 2.67. The second-order valence-electron chi connectivity index (χ2n) is 14.3. The van der Waals surface area contributed by atoms with Crippen LogP contribution in [0.5, 0.6) is 11.5 Å². The molecule has 3 fully saturated rings. The van der Waals surface area contributed by atoms with Crippen LogP contribution in [0, 0.1) is 34.5 Å². The third kappa shape index (κ3) is 3.34. The number of carbonyl (C=O) groups is 2. The van der Waals surface area contributed by atoms with E-state index in [1.165, 1.54) is 5.57 Å². The predicted octanol–water partition coefficient (Wildman–Crippen LogP) is 7.16. The van der Waals surface area contributed by atoms with Crippen LogP contribution in [-0.2, 0) is 15.0 Å². The van der Waals surface area contributed by atoms with Gasteiger partial charge in [-0.15, -0.1) is 0 Å². The van der Waals surface area contributed by atoms with E-state index in [4.69, 9.17) is 0 Å². The maximum Gasteiger partial charge on any atom is 0.309 e. The summed E-state index contributed by atoms with van der Waals surface area (Å²) < 4.78 is 0. The molecular formula is C32H44O5. The first-order valence-corrected chi connectivity index (χ1v) is 14.0. The number of hydrogen-bond acceptors (Lipinski definition) is 4. The van der Waals surface area contributed by atoms with Gasteiger partial charge in [-0.1, -0.05) is 39.3 Å². The summed E-state index contributed by atoms with van der Waals surface area (Å²) in [5, 5.41) is 31.5. The molecule has 4 aliphatic carbocycles. The van der Waals surface area contributed by atoms with E-state index in [2.05, 4.69) is 33.8 Å². The number of rotatable bonds is 3. The van der Waals surface area contributed by atoms with Gasteiger partial charge in [0.1, 0.15) is 5.78 Å². The highest BCUT2D eigenvalue weighted by molar-refractivity contribution is 5.78. The molecule has 0 bridgehead atoms. The average molecular weight is 509 g/mol. The Labute approximate surface area is 221 Å². The van der Waals surface area contributed by atoms with Crippen molar-refractivity contribution in [2.45, 2.75) is 111 Å². The number of carboxylic acid groups (broad SMARTS) is 1. The third-order valence-corrected chi connectivity index (χ3v) is 12.2. The zero-order valence-corrected chi connectivity index (χ0v) is 23.6. The van der Waals surface area contributed by atoms with Gasteiger partial charge in [-0.3, -0.25) is 9.59 Å². The number of phenolic OH excluding ortho intramolecular Hbond substituents is 2. The van der Waals surface area contributed by atoms with E-state index in [9.17, 15) is 24.9 Å². The Kier molecular flexibility index (Phi) is 5.59. The van der Waals surface area contributed by atoms with Crippen molar-refractivity contribution in [1.82, 2.24) is 0 Å². The Morgan fingerprint density at radius 3 is 2.24 bits per heavy atom. The summed E-state index contributed by atoms with van der Waals surface area (Å²) >= 11 is 0. The van der Waals surface area contributed by atoms with Gasteiger partial charge in [0.15, 0.2) is 11.5 Å². The first-order valence-electron chi connectivity index (χ1n) is 14.0. The van der Waals surface area contributed by atoms with Gasteiger partial charge in [0, 0.05) is 17.8 Å². The molecule has 1 unspecified atom stereocenters. The standard InChI is InChI=1S/C32H44O5/c1-18(33)14-20-15-23-30(5,21-16-22(34)26(35)19(2)25(20)21)11-13-32(7)24-17-29(4,27(36)37)9-8-28(24,3)10-12-31(23,32)6/h15-16,20,24,34-35H,8-14,17H2,1-7H3,(H,36,37)/t20?,24-,28-,29-,30+,31-,32+/m1/s1. The normalized spacial score (nSPS) is 42.5. The van der Waals surface area contributed by atoms with Crippen LogP contribution in [-0.4, -0.2) is 27.1 Å². The van der Waals surface area contributed by atoms with Crippen LogP contribution in [0.15, 0.2) is 17.7 Å². The van der Waals surface area contributed by atoms with Crippen LogP contribution in [0.3, 0.4) is 0 Å². The summed E-state index contributed by atoms with van der Waals surface area (Å²) in [7, 11) is 0. The molecule has 0 spiro atoms. The predicted molar refractivity (Wildman–Crippen MR) is 144 cm³/mol. The van der Waals surface area contributed by atoms with Crippen molar-refractivity contribution in [2.24, 2.45) is 27.6 Å². The molecule has 37 heavy (non-hydrogen) atoms. The molecule has 0 amide bonds. The van der Waals surface area contributed by atoms with E-state index in [1.807, 2.05) is 13.8 Å². The van der Waals surface area contributed by atoms with Crippen LogP contribution in [0.25, 0.3) is 0 Å². The van der Waals surface area contributed by atoms with Crippen molar-refractivity contribution in [2.75, 3.05) is 0 Å². The zero-order chi connectivity index (χ0) is 27.3. The fourth-order valence-corrected chi connectivity index (χ4v) is 9.52. The van der Waals surface area contributed by atoms with Crippen LogP contribution in [0.4, 0.5) is 0 Å². The topological polar surface area (TPSA) is 94.8 Å². The summed E-state index contributed by atoms with van der Waals surface area (Å²) in [4.78, 5) is 24.8. The number of aromatic hydroxyl groups is 2. The highest BCUT2D eigenvalue weighted by Crippen LogP contribution is 2.75. The number of Topliss-reactive ketones (excluding diaryl/α,β-unsaturated/α-hetero) is 1. The Morgan fingerprint density at radius 2 is 1.62 bits per heavy atom. The molecule has 1 aromatic carbocycles. The van der Waals surface area contributed by atoms with E-state index >= 15 is 0 Å². The lowest BCUT2D eigenvalue weighted by Crippen LogP contribution is -2.62. The van der Waals surface area contributed by atoms with Gasteiger partial charge < -0.3 is 15.3 Å². The number of fused-ring (bicyclic) bond motifs is 7. The quantitative estimate of drug-likeness (QED) is 0.297. The Hall–Kier alpha value is -2.30. The number of hydrogen-bond donors (Lipinski definition) is 3. The zero-order valence-electron chi connectivity index (χ0n) is 23.6. The molecule has 5 heteroatoms. The summed E-state index contributed by atoms with van der Waals surface area (Å²) in [6.07, 6.45) is 9.06. The monoisotopic (exact) mass is 508 g/mol. The van der Waals surface area contributed by atoms with Gasteiger partial charge in [0.2, 0.25) is 0 Å². The molecule has 202 valence electrons. The molecule has 0 radical (unpaired) electrons. The summed E-state index contributed by atoms with van der Waals surface area (Å²) in [5.41, 5.74) is 2.93. The lowest BCUT2D eigenvalue weighted by Gasteiger charge is -2.70. The molecule has 3 N–H and O–H groups in total. The van der Waals surface area contributed by atoms with Crippen molar-refractivity contribution in [3.63, 3.8) is 0 Å². The van der Waals surface area contributed by atoms with Crippen LogP contribution < -0.4 is 0 Å². The lowest BCUT2D eigenvalue weighted by molar-refractivity contribution is -0.177. The first-order chi connectivity index (χ1) is 17.0. The van der Waals surface area contributed by atoms with Crippen molar-refractivity contribution >= 4 is 11.8 Å². The second-order valence-corrected chi connectivity index (χ2v) is 14.3. The van der Waals surface area contributed by atoms with Gasteiger partial charge >= 0.3 is 5.97 Å². The molecule has 0 aliphatic heterocycles. The molecule has 3 saturated carbocycles. The molecule has 0 aromatic heterocycles. The number of allylic oxidation sites excluding steroid dienone is 2. The minimum atomic E-state index is -0.697. The summed E-state index contributed by atoms with van der Waals surface area (Å²) in [6.45, 7) is 14.9. The smallest absolute Gasteiger partial charge is 0.309 e. The fourth-order valence-electron chi connectivity index (χ4n) is 9.52. The van der Waals surface area contributed by atoms with Crippen molar-refractivity contribution in [1.29, 1.82) is 0 Å². The number of carboxylic acids is 1. The maximum absolute atomic E-state index is 12.4. The second kappa shape index (κ2) is 7.86. The van der Waals surface area contributed by atoms with E-state index in [-0.39, 0.29) is 44.9 Å². The molecule has 7 atom stereocenters. The Balaban J connectivity index is 1.70. The maximum atomic E-state index is 12.4. The fraction of sp³-hybridized carbons (Fsp3) is 0.688. The minimum Gasteiger partial charge on any atom is -0.504 e. The van der Waals surface area contributed by atoms with Crippen molar-refractivity contribution in [3.05, 3.63) is 34.4 Å². The number of carbonyl (C=O) groups excluding carboxylic acids is 1. The number of benzene rings is 1. The van der Waals surface area contributed by atoms with E-state index in [0.717, 1.165) is 49.7 Å². The van der Waals surface area contributed by atoms with Gasteiger partial charge in [-0.2, -0.15) is 0 Å². The van der Waals surface area contributed by atoms with E-state index in [0.29, 0.717) is 24.3 Å². The SMILES string of the molecule is CC(=O)CC1C=C2[C@@](C)(CC[C@@]3(C)[C@@H]4C[C@](C)(C(=O)O)CC[C@]4(C)CC[C@]23C)c2cc(O)c(O)c(C)c21. The van der Waals surface area contributed by atoms with Gasteiger partial charge in [0.05, 0.1) is 5.41 Å². The van der Waals surface area contributed by atoms with Crippen LogP contribution in [0.2, 0.25) is 0 Å². The molecule has 1 aromatic rings. The average Bonchev–Trinajstić information content (AvgIpc) is 2.81. The van der Waals surface area contributed by atoms with Crippen molar-refractivity contribution < 1.29 is 24.9 Å². The van der Waals surface area contributed by atoms with Gasteiger partial charge in [0.25, 0.3) is 0 Å². The molecule has 4 aliphatic rings. The largest absolute Gasteiger partial charge is 0.504 e. The number of aliphatic carboxylic acids is 1. The number of ketones is 1. The van der Waals surface area contributed by atoms with Crippen molar-refractivity contribution in [3.8, 4) is 11.5 Å². The lowest BCUT2D eigenvalue weighted by atomic mass is 9.34.